The van der Waals surface area contributed by atoms with E-state index in [0.29, 0.717) is 34.5 Å². The molecule has 8 saturated carbocycles. The predicted molar refractivity (Wildman–Crippen MR) is 266 cm³/mol. The zero-order valence-corrected chi connectivity index (χ0v) is 44.2. The Labute approximate surface area is 402 Å². The summed E-state index contributed by atoms with van der Waals surface area (Å²) < 4.78 is 11.2. The zero-order chi connectivity index (χ0) is 47.9. The standard InChI is InChI=1S/2C29H49NO3/c2*1-18(2)8-7-9-19(3)23-10-11-24-22-17-27(30-32)26-16-21(33-20(4)31)12-14-29(26,6)25(22)13-15-28(23,24)5/h2*18-19,21-26,32H,7-17H2,1-6H3/b2*30-27+/t2*19-,21+,22+,23-,24+,25+,26-,28-,29-/m11/s1. The van der Waals surface area contributed by atoms with Crippen LogP contribution >= 0.6 is 0 Å². The van der Waals surface area contributed by atoms with Gasteiger partial charge in [0.2, 0.25) is 0 Å². The molecular weight excluding hydrogens is 821 g/mol. The lowest BCUT2D eigenvalue weighted by Gasteiger charge is -2.61. The van der Waals surface area contributed by atoms with E-state index in [0.717, 1.165) is 110 Å². The Morgan fingerprint density at radius 1 is 0.530 bits per heavy atom. The second-order valence-corrected chi connectivity index (χ2v) is 26.5. The highest BCUT2D eigenvalue weighted by molar-refractivity contribution is 5.89. The Morgan fingerprint density at radius 3 is 1.21 bits per heavy atom. The lowest BCUT2D eigenvalue weighted by atomic mass is 9.44. The lowest BCUT2D eigenvalue weighted by Crippen LogP contribution is -2.57. The summed E-state index contributed by atoms with van der Waals surface area (Å²) >= 11 is 0. The van der Waals surface area contributed by atoms with E-state index in [1.807, 2.05) is 0 Å². The molecule has 0 radical (unpaired) electrons. The quantitative estimate of drug-likeness (QED) is 0.114. The zero-order valence-electron chi connectivity index (χ0n) is 44.2. The van der Waals surface area contributed by atoms with Crippen molar-refractivity contribution in [1.29, 1.82) is 0 Å². The number of ether oxygens (including phenoxy) is 2. The Morgan fingerprint density at radius 2 is 0.879 bits per heavy atom. The van der Waals surface area contributed by atoms with Gasteiger partial charge in [-0.2, -0.15) is 0 Å². The Kier molecular flexibility index (Phi) is 16.2. The first-order valence-electron chi connectivity index (χ1n) is 28.0. The van der Waals surface area contributed by atoms with Crippen LogP contribution in [0.25, 0.3) is 0 Å². The van der Waals surface area contributed by atoms with E-state index >= 15 is 0 Å². The average molecular weight is 919 g/mol. The van der Waals surface area contributed by atoms with Gasteiger partial charge in [-0.25, -0.2) is 0 Å². The van der Waals surface area contributed by atoms with Gasteiger partial charge in [0, 0.05) is 25.7 Å². The van der Waals surface area contributed by atoms with E-state index < -0.39 is 0 Å². The number of carbonyl (C=O) groups excluding carboxylic acids is 2. The summed E-state index contributed by atoms with van der Waals surface area (Å²) in [5.41, 5.74) is 3.21. The first-order chi connectivity index (χ1) is 31.2. The molecule has 8 heteroatoms. The van der Waals surface area contributed by atoms with Gasteiger partial charge in [-0.3, -0.25) is 9.59 Å². The van der Waals surface area contributed by atoms with Crippen LogP contribution in [0.15, 0.2) is 10.3 Å². The van der Waals surface area contributed by atoms with Crippen molar-refractivity contribution in [2.75, 3.05) is 0 Å². The molecule has 0 aromatic carbocycles. The third-order valence-electron chi connectivity index (χ3n) is 22.2. The van der Waals surface area contributed by atoms with Crippen LogP contribution in [0.5, 0.6) is 0 Å². The summed E-state index contributed by atoms with van der Waals surface area (Å²) in [7, 11) is 0. The minimum Gasteiger partial charge on any atom is -0.463 e. The van der Waals surface area contributed by atoms with Gasteiger partial charge >= 0.3 is 11.9 Å². The maximum Gasteiger partial charge on any atom is 0.302 e. The van der Waals surface area contributed by atoms with Gasteiger partial charge in [0.25, 0.3) is 0 Å². The molecule has 8 fully saturated rings. The minimum atomic E-state index is -0.187. The van der Waals surface area contributed by atoms with Crippen LogP contribution in [-0.2, 0) is 19.1 Å². The molecule has 0 heterocycles. The summed E-state index contributed by atoms with van der Waals surface area (Å²) in [6.45, 7) is 27.6. The van der Waals surface area contributed by atoms with E-state index in [9.17, 15) is 20.0 Å². The molecule has 18 atom stereocenters. The van der Waals surface area contributed by atoms with Gasteiger partial charge in [-0.15, -0.1) is 0 Å². The highest BCUT2D eigenvalue weighted by Gasteiger charge is 2.64. The first-order valence-corrected chi connectivity index (χ1v) is 28.0. The van der Waals surface area contributed by atoms with Gasteiger partial charge < -0.3 is 19.9 Å². The van der Waals surface area contributed by atoms with Crippen LogP contribution in [0.1, 0.15) is 224 Å². The van der Waals surface area contributed by atoms with Crippen molar-refractivity contribution in [3.05, 3.63) is 0 Å². The molecule has 0 amide bonds. The van der Waals surface area contributed by atoms with E-state index in [4.69, 9.17) is 9.47 Å². The second kappa shape index (κ2) is 20.7. The van der Waals surface area contributed by atoms with Crippen molar-refractivity contribution in [1.82, 2.24) is 0 Å². The van der Waals surface area contributed by atoms with Crippen molar-refractivity contribution < 1.29 is 29.5 Å². The van der Waals surface area contributed by atoms with Crippen LogP contribution in [0.4, 0.5) is 0 Å². The molecule has 0 bridgehead atoms. The summed E-state index contributed by atoms with van der Waals surface area (Å²) in [6, 6.07) is 0. The number of oxime groups is 2. The predicted octanol–water partition coefficient (Wildman–Crippen LogP) is 15.0. The number of carbonyl (C=O) groups is 2. The Balaban J connectivity index is 0.000000196. The van der Waals surface area contributed by atoms with E-state index in [1.54, 1.807) is 0 Å². The molecule has 0 aromatic heterocycles. The second-order valence-electron chi connectivity index (χ2n) is 26.5. The Hall–Kier alpha value is -2.12. The fraction of sp³-hybridized carbons (Fsp3) is 0.931. The molecule has 0 aliphatic heterocycles. The van der Waals surface area contributed by atoms with Gasteiger partial charge in [0.1, 0.15) is 12.2 Å². The molecule has 8 aliphatic rings. The van der Waals surface area contributed by atoms with E-state index in [2.05, 4.69) is 79.5 Å². The molecular formula is C58H98N2O6. The first kappa shape index (κ1) is 51.7. The summed E-state index contributed by atoms with van der Waals surface area (Å²) in [5, 5.41) is 28.0. The molecule has 0 spiro atoms. The molecule has 0 saturated heterocycles. The smallest absolute Gasteiger partial charge is 0.302 e. The number of rotatable bonds is 12. The highest BCUT2D eigenvalue weighted by Crippen LogP contribution is 2.70. The van der Waals surface area contributed by atoms with Crippen LogP contribution in [-0.4, -0.2) is 46.0 Å². The number of hydrogen-bond donors (Lipinski definition) is 2. The molecule has 0 aromatic rings. The third-order valence-corrected chi connectivity index (χ3v) is 22.2. The number of fused-ring (bicyclic) bond motifs is 10. The van der Waals surface area contributed by atoms with Crippen LogP contribution < -0.4 is 0 Å². The average Bonchev–Trinajstić information content (AvgIpc) is 3.80. The summed E-state index contributed by atoms with van der Waals surface area (Å²) in [5.74, 6) is 9.28. The molecule has 0 unspecified atom stereocenters. The topological polar surface area (TPSA) is 118 Å². The van der Waals surface area contributed by atoms with Gasteiger partial charge in [0.15, 0.2) is 0 Å². The molecule has 8 aliphatic carbocycles. The molecule has 8 nitrogen and oxygen atoms in total. The SMILES string of the molecule is CC(=O)O[C@H]1CC[C@@]2(C)[C@H](C1)/C(=N/O)C[C@@H]1[C@@H]2CC[C@]2(C)[C@@H]([C@H](C)CCCC(C)C)CC[C@@H]12.CC(=O)O[C@H]1CC[C@@]2(C)[C@H](C1)/C(=N/O)C[C@@H]1[C@@H]2CC[C@]2(C)[C@@H]([C@H](C)CCCC(C)C)CC[C@@H]12. The Bertz CT molecular complexity index is 1620. The van der Waals surface area contributed by atoms with E-state index in [1.165, 1.54) is 104 Å². The van der Waals surface area contributed by atoms with E-state index in [-0.39, 0.29) is 46.8 Å². The number of hydrogen-bond acceptors (Lipinski definition) is 8. The summed E-state index contributed by atoms with van der Waals surface area (Å²) in [4.78, 5) is 23.1. The van der Waals surface area contributed by atoms with Gasteiger partial charge in [-0.1, -0.05) is 118 Å². The molecule has 8 rings (SSSR count). The number of nitrogens with zero attached hydrogens (tertiary/aromatic N) is 2. The lowest BCUT2D eigenvalue weighted by molar-refractivity contribution is -0.154. The van der Waals surface area contributed by atoms with Gasteiger partial charge in [-0.05, 0) is 195 Å². The summed E-state index contributed by atoms with van der Waals surface area (Å²) in [6.07, 6.45) is 26.6. The fourth-order valence-corrected chi connectivity index (χ4v) is 19.0. The van der Waals surface area contributed by atoms with Crippen LogP contribution in [0, 0.1) is 105 Å². The van der Waals surface area contributed by atoms with Crippen molar-refractivity contribution in [2.45, 2.75) is 237 Å². The fourth-order valence-electron chi connectivity index (χ4n) is 19.0. The van der Waals surface area contributed by atoms with Crippen LogP contribution in [0.3, 0.4) is 0 Å². The molecule has 66 heavy (non-hydrogen) atoms. The van der Waals surface area contributed by atoms with Gasteiger partial charge in [0.05, 0.1) is 11.4 Å². The molecule has 376 valence electrons. The minimum absolute atomic E-state index is 0.0229. The highest BCUT2D eigenvalue weighted by atomic mass is 16.5. The van der Waals surface area contributed by atoms with Crippen molar-refractivity contribution >= 4 is 23.4 Å². The monoisotopic (exact) mass is 919 g/mol. The van der Waals surface area contributed by atoms with Crippen molar-refractivity contribution in [3.8, 4) is 0 Å². The van der Waals surface area contributed by atoms with Crippen molar-refractivity contribution in [2.24, 2.45) is 115 Å². The van der Waals surface area contributed by atoms with Crippen LogP contribution in [0.2, 0.25) is 0 Å². The molecule has 2 N–H and O–H groups in total. The largest absolute Gasteiger partial charge is 0.463 e. The van der Waals surface area contributed by atoms with Crippen molar-refractivity contribution in [3.63, 3.8) is 0 Å². The maximum absolute atomic E-state index is 11.6. The normalized spacial score (nSPS) is 44.8. The number of esters is 2. The third kappa shape index (κ3) is 9.94. The maximum atomic E-state index is 11.6.